The highest BCUT2D eigenvalue weighted by atomic mass is 16.5. The van der Waals surface area contributed by atoms with Crippen LogP contribution in [0.5, 0.6) is 5.75 Å². The maximum atomic E-state index is 6.44. The van der Waals surface area contributed by atoms with Crippen LogP contribution in [0.25, 0.3) is 0 Å². The number of rotatable bonds is 4. The maximum Gasteiger partial charge on any atom is 0.124 e. The van der Waals surface area contributed by atoms with Crippen molar-refractivity contribution < 1.29 is 4.74 Å². The van der Waals surface area contributed by atoms with E-state index in [1.54, 1.807) is 0 Å². The molecule has 3 unspecified atom stereocenters. The number of para-hydroxylation sites is 1. The molecule has 3 atom stereocenters. The average Bonchev–Trinajstić information content (AvgIpc) is 2.82. The summed E-state index contributed by atoms with van der Waals surface area (Å²) in [5, 5.41) is 0. The molecule has 0 aliphatic heterocycles. The maximum absolute atomic E-state index is 6.44. The van der Waals surface area contributed by atoms with E-state index in [-0.39, 0.29) is 6.04 Å². The summed E-state index contributed by atoms with van der Waals surface area (Å²) >= 11 is 0. The van der Waals surface area contributed by atoms with Gasteiger partial charge in [0.1, 0.15) is 5.75 Å². The quantitative estimate of drug-likeness (QED) is 0.864. The van der Waals surface area contributed by atoms with Crippen molar-refractivity contribution in [2.75, 3.05) is 6.61 Å². The highest BCUT2D eigenvalue weighted by Gasteiger charge is 2.55. The zero-order chi connectivity index (χ0) is 11.8. The Labute approximate surface area is 103 Å². The third-order valence-corrected chi connectivity index (χ3v) is 4.47. The molecule has 2 aliphatic rings. The Kier molecular flexibility index (Phi) is 2.83. The third-order valence-electron chi connectivity index (χ3n) is 4.47. The lowest BCUT2D eigenvalue weighted by molar-refractivity contribution is 0.331. The van der Waals surface area contributed by atoms with E-state index >= 15 is 0 Å². The van der Waals surface area contributed by atoms with E-state index in [9.17, 15) is 0 Å². The molecule has 2 aliphatic carbocycles. The molecule has 17 heavy (non-hydrogen) atoms. The lowest BCUT2D eigenvalue weighted by atomic mass is 9.97. The molecule has 0 radical (unpaired) electrons. The standard InChI is InChI=1S/C15H21NO/c1-2-17-13-9-4-3-6-12(13)15(16)14-10-7-5-8-11(10)14/h3-4,6,9-11,14-15H,2,5,7-8,16H2,1H3. The van der Waals surface area contributed by atoms with Crippen LogP contribution in [0.1, 0.15) is 37.8 Å². The molecule has 1 aromatic rings. The molecule has 2 N–H and O–H groups in total. The summed E-state index contributed by atoms with van der Waals surface area (Å²) in [4.78, 5) is 0. The van der Waals surface area contributed by atoms with Gasteiger partial charge in [0.2, 0.25) is 0 Å². The first-order valence-corrected chi connectivity index (χ1v) is 6.80. The topological polar surface area (TPSA) is 35.2 Å². The van der Waals surface area contributed by atoms with Gasteiger partial charge in [0.15, 0.2) is 0 Å². The van der Waals surface area contributed by atoms with E-state index in [0.29, 0.717) is 12.5 Å². The van der Waals surface area contributed by atoms with Crippen LogP contribution in [0.15, 0.2) is 24.3 Å². The van der Waals surface area contributed by atoms with E-state index < -0.39 is 0 Å². The van der Waals surface area contributed by atoms with Crippen LogP contribution in [0, 0.1) is 17.8 Å². The van der Waals surface area contributed by atoms with Crippen LogP contribution in [-0.4, -0.2) is 6.61 Å². The highest BCUT2D eigenvalue weighted by molar-refractivity contribution is 5.37. The molecule has 92 valence electrons. The minimum atomic E-state index is 0.174. The minimum absolute atomic E-state index is 0.174. The summed E-state index contributed by atoms with van der Waals surface area (Å²) in [5.74, 6) is 3.50. The van der Waals surface area contributed by atoms with Crippen molar-refractivity contribution in [3.8, 4) is 5.75 Å². The first-order valence-electron chi connectivity index (χ1n) is 6.80. The van der Waals surface area contributed by atoms with Gasteiger partial charge >= 0.3 is 0 Å². The van der Waals surface area contributed by atoms with Crippen LogP contribution < -0.4 is 10.5 Å². The Balaban J connectivity index is 1.79. The highest BCUT2D eigenvalue weighted by Crippen LogP contribution is 2.62. The van der Waals surface area contributed by atoms with Crippen LogP contribution in [0.3, 0.4) is 0 Å². The van der Waals surface area contributed by atoms with Gasteiger partial charge in [0, 0.05) is 11.6 Å². The van der Waals surface area contributed by atoms with Gasteiger partial charge in [-0.3, -0.25) is 0 Å². The summed E-state index contributed by atoms with van der Waals surface area (Å²) in [7, 11) is 0. The monoisotopic (exact) mass is 231 g/mol. The molecule has 0 saturated heterocycles. The van der Waals surface area contributed by atoms with Gasteiger partial charge < -0.3 is 10.5 Å². The van der Waals surface area contributed by atoms with E-state index in [1.807, 2.05) is 19.1 Å². The zero-order valence-electron chi connectivity index (χ0n) is 10.4. The molecule has 2 fully saturated rings. The SMILES string of the molecule is CCOc1ccccc1C(N)C1C2CCCC21. The Morgan fingerprint density at radius 2 is 2.00 bits per heavy atom. The molecule has 2 nitrogen and oxygen atoms in total. The lowest BCUT2D eigenvalue weighted by Crippen LogP contribution is -2.16. The fourth-order valence-electron chi connectivity index (χ4n) is 3.66. The van der Waals surface area contributed by atoms with Crippen molar-refractivity contribution in [2.45, 2.75) is 32.2 Å². The van der Waals surface area contributed by atoms with E-state index in [0.717, 1.165) is 17.6 Å². The summed E-state index contributed by atoms with van der Waals surface area (Å²) in [6, 6.07) is 8.43. The predicted molar refractivity (Wildman–Crippen MR) is 68.9 cm³/mol. The van der Waals surface area contributed by atoms with Gasteiger partial charge in [-0.05, 0) is 43.6 Å². The largest absolute Gasteiger partial charge is 0.494 e. The lowest BCUT2D eigenvalue weighted by Gasteiger charge is -2.18. The van der Waals surface area contributed by atoms with Crippen molar-refractivity contribution in [3.63, 3.8) is 0 Å². The fraction of sp³-hybridized carbons (Fsp3) is 0.600. The number of benzene rings is 1. The second-order valence-corrected chi connectivity index (χ2v) is 5.33. The van der Waals surface area contributed by atoms with Gasteiger partial charge in [-0.1, -0.05) is 24.6 Å². The second kappa shape index (κ2) is 4.34. The van der Waals surface area contributed by atoms with E-state index in [2.05, 4.69) is 12.1 Å². The second-order valence-electron chi connectivity index (χ2n) is 5.33. The minimum Gasteiger partial charge on any atom is -0.494 e. The van der Waals surface area contributed by atoms with Crippen molar-refractivity contribution in [3.05, 3.63) is 29.8 Å². The smallest absolute Gasteiger partial charge is 0.124 e. The van der Waals surface area contributed by atoms with Crippen LogP contribution in [0.2, 0.25) is 0 Å². The van der Waals surface area contributed by atoms with Gasteiger partial charge in [-0.25, -0.2) is 0 Å². The molecule has 2 heteroatoms. The summed E-state index contributed by atoms with van der Waals surface area (Å²) < 4.78 is 5.68. The van der Waals surface area contributed by atoms with Crippen LogP contribution >= 0.6 is 0 Å². The molecule has 1 aromatic carbocycles. The third kappa shape index (κ3) is 1.85. The number of hydrogen-bond donors (Lipinski definition) is 1. The van der Waals surface area contributed by atoms with Crippen molar-refractivity contribution in [1.82, 2.24) is 0 Å². The Morgan fingerprint density at radius 3 is 2.71 bits per heavy atom. The average molecular weight is 231 g/mol. The number of hydrogen-bond acceptors (Lipinski definition) is 2. The Morgan fingerprint density at radius 1 is 1.29 bits per heavy atom. The van der Waals surface area contributed by atoms with Crippen LogP contribution in [-0.2, 0) is 0 Å². The van der Waals surface area contributed by atoms with E-state index in [4.69, 9.17) is 10.5 Å². The molecule has 0 amide bonds. The first-order chi connectivity index (χ1) is 8.33. The summed E-state index contributed by atoms with van der Waals surface area (Å²) in [6.45, 7) is 2.73. The van der Waals surface area contributed by atoms with Gasteiger partial charge in [-0.2, -0.15) is 0 Å². The summed E-state index contributed by atoms with van der Waals surface area (Å²) in [6.07, 6.45) is 4.19. The number of ether oxygens (including phenoxy) is 1. The number of nitrogens with two attached hydrogens (primary N) is 1. The molecule has 3 rings (SSSR count). The normalized spacial score (nSPS) is 32.0. The molecule has 0 spiro atoms. The Bertz CT molecular complexity index is 394. The van der Waals surface area contributed by atoms with Crippen molar-refractivity contribution >= 4 is 0 Å². The van der Waals surface area contributed by atoms with Gasteiger partial charge in [-0.15, -0.1) is 0 Å². The van der Waals surface area contributed by atoms with E-state index in [1.165, 1.54) is 24.8 Å². The molecule has 0 bridgehead atoms. The fourth-order valence-corrected chi connectivity index (χ4v) is 3.66. The number of fused-ring (bicyclic) bond motifs is 1. The zero-order valence-corrected chi connectivity index (χ0v) is 10.4. The molecular weight excluding hydrogens is 210 g/mol. The van der Waals surface area contributed by atoms with Gasteiger partial charge in [0.05, 0.1) is 6.61 Å². The molecule has 0 heterocycles. The molecule has 2 saturated carbocycles. The van der Waals surface area contributed by atoms with Gasteiger partial charge in [0.25, 0.3) is 0 Å². The van der Waals surface area contributed by atoms with Crippen molar-refractivity contribution in [1.29, 1.82) is 0 Å². The van der Waals surface area contributed by atoms with Crippen LogP contribution in [0.4, 0.5) is 0 Å². The summed E-state index contributed by atoms with van der Waals surface area (Å²) in [5.41, 5.74) is 7.64. The first kappa shape index (κ1) is 11.1. The molecular formula is C15H21NO. The predicted octanol–water partition coefficient (Wildman–Crippen LogP) is 3.13. The van der Waals surface area contributed by atoms with Crippen molar-refractivity contribution in [2.24, 2.45) is 23.5 Å². The molecule has 0 aromatic heterocycles. The Hall–Kier alpha value is -1.02.